The lowest BCUT2D eigenvalue weighted by Crippen LogP contribution is -2.23. The molecule has 2 aliphatic rings. The maximum atomic E-state index is 10.8. The number of hydrogen-bond acceptors (Lipinski definition) is 7. The number of methoxy groups -OCH3 is 2. The molecule has 0 amide bonds. The van der Waals surface area contributed by atoms with E-state index in [0.29, 0.717) is 11.4 Å². The zero-order chi connectivity index (χ0) is 24.7. The SMILES string of the molecule is COc1cc(C2=CCN(C)CC2)ccc1N.COc1cc(C2=CCN(C)CC2)ccc1[N+](=O)[O-]. The number of rotatable bonds is 5. The van der Waals surface area contributed by atoms with Crippen molar-refractivity contribution in [3.8, 4) is 11.5 Å². The molecule has 2 aromatic carbocycles. The first kappa shape index (κ1) is 25.3. The molecule has 0 fully saturated rings. The van der Waals surface area contributed by atoms with Gasteiger partial charge in [0.25, 0.3) is 0 Å². The van der Waals surface area contributed by atoms with E-state index in [2.05, 4.69) is 42.1 Å². The molecule has 0 radical (unpaired) electrons. The van der Waals surface area contributed by atoms with E-state index in [1.807, 2.05) is 12.1 Å². The van der Waals surface area contributed by atoms with Crippen LogP contribution in [0.1, 0.15) is 24.0 Å². The normalized spacial score (nSPS) is 16.6. The molecule has 0 spiro atoms. The fourth-order valence-electron chi connectivity index (χ4n) is 4.00. The number of anilines is 1. The number of nitrogen functional groups attached to an aromatic ring is 1. The summed E-state index contributed by atoms with van der Waals surface area (Å²) in [5, 5.41) is 10.8. The van der Waals surface area contributed by atoms with E-state index in [1.54, 1.807) is 19.2 Å². The van der Waals surface area contributed by atoms with Gasteiger partial charge in [-0.2, -0.15) is 0 Å². The molecule has 8 heteroatoms. The molecule has 0 saturated heterocycles. The minimum Gasteiger partial charge on any atom is -0.495 e. The Labute approximate surface area is 201 Å². The Morgan fingerprint density at radius 1 is 0.853 bits per heavy atom. The van der Waals surface area contributed by atoms with Crippen molar-refractivity contribution in [2.45, 2.75) is 12.8 Å². The molecule has 182 valence electrons. The Balaban J connectivity index is 0.000000192. The van der Waals surface area contributed by atoms with Gasteiger partial charge in [-0.3, -0.25) is 10.1 Å². The molecule has 34 heavy (non-hydrogen) atoms. The van der Waals surface area contributed by atoms with Crippen LogP contribution in [0, 0.1) is 10.1 Å². The van der Waals surface area contributed by atoms with E-state index < -0.39 is 4.92 Å². The average Bonchev–Trinajstić information content (AvgIpc) is 2.85. The standard InChI is InChI=1S/C13H16N2O3.C13H18N2O/c1-14-7-5-10(6-8-14)11-3-4-12(15(16)17)13(9-11)18-2;1-15-7-5-10(6-8-15)11-3-4-12(14)13(9-11)16-2/h3-5,9H,6-8H2,1-2H3;3-5,9H,6-8,14H2,1-2H3. The van der Waals surface area contributed by atoms with E-state index in [1.165, 1.54) is 29.9 Å². The molecule has 0 aliphatic carbocycles. The predicted molar refractivity (Wildman–Crippen MR) is 137 cm³/mol. The van der Waals surface area contributed by atoms with Gasteiger partial charge in [-0.25, -0.2) is 0 Å². The lowest BCUT2D eigenvalue weighted by Gasteiger charge is -2.22. The summed E-state index contributed by atoms with van der Waals surface area (Å²) in [5.41, 5.74) is 11.3. The second kappa shape index (κ2) is 11.7. The van der Waals surface area contributed by atoms with E-state index in [-0.39, 0.29) is 5.69 Å². The number of likely N-dealkylation sites (N-methyl/N-ethyl adjacent to an activating group) is 2. The van der Waals surface area contributed by atoms with Crippen LogP contribution in [-0.2, 0) is 0 Å². The molecule has 0 bridgehead atoms. The molecule has 2 aliphatic heterocycles. The summed E-state index contributed by atoms with van der Waals surface area (Å²) < 4.78 is 10.3. The molecule has 2 heterocycles. The third-order valence-corrected chi connectivity index (χ3v) is 6.18. The van der Waals surface area contributed by atoms with Gasteiger partial charge in [-0.05, 0) is 73.5 Å². The van der Waals surface area contributed by atoms with Crippen LogP contribution in [0.5, 0.6) is 11.5 Å². The van der Waals surface area contributed by atoms with E-state index in [9.17, 15) is 10.1 Å². The van der Waals surface area contributed by atoms with E-state index >= 15 is 0 Å². The Morgan fingerprint density at radius 3 is 1.79 bits per heavy atom. The van der Waals surface area contributed by atoms with E-state index in [0.717, 1.165) is 50.3 Å². The molecule has 0 unspecified atom stereocenters. The molecule has 2 N–H and O–H groups in total. The fourth-order valence-corrected chi connectivity index (χ4v) is 4.00. The fraction of sp³-hybridized carbons (Fsp3) is 0.385. The number of nitro benzene ring substituents is 1. The van der Waals surface area contributed by atoms with Gasteiger partial charge in [-0.1, -0.05) is 18.2 Å². The summed E-state index contributed by atoms with van der Waals surface area (Å²) in [4.78, 5) is 14.9. The van der Waals surface area contributed by atoms with Gasteiger partial charge < -0.3 is 25.0 Å². The highest BCUT2D eigenvalue weighted by Gasteiger charge is 2.17. The zero-order valence-corrected chi connectivity index (χ0v) is 20.4. The van der Waals surface area contributed by atoms with Crippen molar-refractivity contribution in [3.05, 3.63) is 69.8 Å². The van der Waals surface area contributed by atoms with Gasteiger partial charge in [0.15, 0.2) is 5.75 Å². The first-order valence-corrected chi connectivity index (χ1v) is 11.3. The zero-order valence-electron chi connectivity index (χ0n) is 20.4. The topological polar surface area (TPSA) is 94.1 Å². The Bertz CT molecular complexity index is 1080. The number of ether oxygens (including phenoxy) is 2. The molecule has 4 rings (SSSR count). The van der Waals surface area contributed by atoms with Crippen LogP contribution in [0.2, 0.25) is 0 Å². The van der Waals surface area contributed by atoms with Crippen LogP contribution in [0.25, 0.3) is 11.1 Å². The van der Waals surface area contributed by atoms with Crippen LogP contribution in [-0.4, -0.2) is 69.2 Å². The number of nitro groups is 1. The van der Waals surface area contributed by atoms with Gasteiger partial charge in [-0.15, -0.1) is 0 Å². The van der Waals surface area contributed by atoms with Crippen molar-refractivity contribution < 1.29 is 14.4 Å². The summed E-state index contributed by atoms with van der Waals surface area (Å²) in [6.45, 7) is 4.04. The highest BCUT2D eigenvalue weighted by atomic mass is 16.6. The second-order valence-electron chi connectivity index (χ2n) is 8.58. The molecule has 8 nitrogen and oxygen atoms in total. The van der Waals surface area contributed by atoms with Crippen molar-refractivity contribution in [2.24, 2.45) is 0 Å². The monoisotopic (exact) mass is 466 g/mol. The largest absolute Gasteiger partial charge is 0.495 e. The van der Waals surface area contributed by atoms with Gasteiger partial charge in [0.05, 0.1) is 24.8 Å². The van der Waals surface area contributed by atoms with Crippen molar-refractivity contribution in [2.75, 3.05) is 60.2 Å². The summed E-state index contributed by atoms with van der Waals surface area (Å²) in [5.74, 6) is 1.08. The van der Waals surface area contributed by atoms with Gasteiger partial charge in [0, 0.05) is 32.2 Å². The van der Waals surface area contributed by atoms with Gasteiger partial charge >= 0.3 is 5.69 Å². The molecular weight excluding hydrogens is 432 g/mol. The van der Waals surface area contributed by atoms with Crippen molar-refractivity contribution in [1.29, 1.82) is 0 Å². The summed E-state index contributed by atoms with van der Waals surface area (Å²) in [6, 6.07) is 11.0. The van der Waals surface area contributed by atoms with Gasteiger partial charge in [0.1, 0.15) is 5.75 Å². The minimum atomic E-state index is -0.425. The average molecular weight is 467 g/mol. The number of nitrogens with zero attached hydrogens (tertiary/aromatic N) is 3. The Hall–Kier alpha value is -3.36. The van der Waals surface area contributed by atoms with Gasteiger partial charge in [0.2, 0.25) is 0 Å². The number of benzene rings is 2. The van der Waals surface area contributed by atoms with Crippen LogP contribution in [0.15, 0.2) is 48.6 Å². The maximum absolute atomic E-state index is 10.8. The molecule has 2 aromatic rings. The van der Waals surface area contributed by atoms with Crippen molar-refractivity contribution in [1.82, 2.24) is 9.80 Å². The smallest absolute Gasteiger partial charge is 0.310 e. The Kier molecular flexibility index (Phi) is 8.67. The highest BCUT2D eigenvalue weighted by molar-refractivity contribution is 5.71. The molecule has 0 aromatic heterocycles. The van der Waals surface area contributed by atoms with Crippen molar-refractivity contribution in [3.63, 3.8) is 0 Å². The summed E-state index contributed by atoms with van der Waals surface area (Å²) in [7, 11) is 7.31. The van der Waals surface area contributed by atoms with Crippen LogP contribution in [0.3, 0.4) is 0 Å². The first-order chi connectivity index (χ1) is 16.3. The molecular formula is C26H34N4O4. The second-order valence-corrected chi connectivity index (χ2v) is 8.58. The third kappa shape index (κ3) is 6.36. The first-order valence-electron chi connectivity index (χ1n) is 11.3. The van der Waals surface area contributed by atoms with Crippen LogP contribution >= 0.6 is 0 Å². The third-order valence-electron chi connectivity index (χ3n) is 6.18. The maximum Gasteiger partial charge on any atom is 0.310 e. The Morgan fingerprint density at radius 2 is 1.35 bits per heavy atom. The molecule has 0 atom stereocenters. The predicted octanol–water partition coefficient (Wildman–Crippen LogP) is 4.32. The van der Waals surface area contributed by atoms with Crippen molar-refractivity contribution >= 4 is 22.5 Å². The highest BCUT2D eigenvalue weighted by Crippen LogP contribution is 2.32. The minimum absolute atomic E-state index is 0.00905. The number of nitrogens with two attached hydrogens (primary N) is 1. The van der Waals surface area contributed by atoms with Crippen LogP contribution in [0.4, 0.5) is 11.4 Å². The number of hydrogen-bond donors (Lipinski definition) is 1. The molecule has 0 saturated carbocycles. The van der Waals surface area contributed by atoms with Crippen LogP contribution < -0.4 is 15.2 Å². The quantitative estimate of drug-likeness (QED) is 0.398. The van der Waals surface area contributed by atoms with E-state index in [4.69, 9.17) is 15.2 Å². The summed E-state index contributed by atoms with van der Waals surface area (Å²) in [6.07, 6.45) is 6.47. The lowest BCUT2D eigenvalue weighted by molar-refractivity contribution is -0.385. The summed E-state index contributed by atoms with van der Waals surface area (Å²) >= 11 is 0. The lowest BCUT2D eigenvalue weighted by atomic mass is 9.99.